The molecule has 0 amide bonds. The van der Waals surface area contributed by atoms with Crippen LogP contribution in [0.1, 0.15) is 18.4 Å². The Morgan fingerprint density at radius 2 is 1.81 bits per heavy atom. The normalized spacial score (nSPS) is 20.0. The number of benzene rings is 2. The zero-order valence-electron chi connectivity index (χ0n) is 15.4. The molecule has 3 heterocycles. The molecule has 2 aliphatic rings. The average Bonchev–Trinajstić information content (AvgIpc) is 3.32. The van der Waals surface area contributed by atoms with Crippen LogP contribution in [-0.2, 0) is 6.42 Å². The van der Waals surface area contributed by atoms with Crippen molar-refractivity contribution in [3.8, 4) is 5.75 Å². The van der Waals surface area contributed by atoms with E-state index in [-0.39, 0.29) is 6.10 Å². The Hall–Kier alpha value is -2.53. The van der Waals surface area contributed by atoms with E-state index >= 15 is 0 Å². The second-order valence-corrected chi connectivity index (χ2v) is 7.60. The fraction of sp³-hybridized carbons (Fsp3) is 0.409. The predicted octanol–water partition coefficient (Wildman–Crippen LogP) is 3.64. The fourth-order valence-corrected chi connectivity index (χ4v) is 4.14. The van der Waals surface area contributed by atoms with E-state index in [9.17, 15) is 0 Å². The molecule has 0 spiro atoms. The molecule has 1 N–H and O–H groups in total. The average molecular weight is 363 g/mol. The molecule has 27 heavy (non-hydrogen) atoms. The van der Waals surface area contributed by atoms with Crippen LogP contribution in [0.3, 0.4) is 0 Å². The van der Waals surface area contributed by atoms with Gasteiger partial charge in [-0.25, -0.2) is 0 Å². The van der Waals surface area contributed by atoms with Crippen molar-refractivity contribution < 1.29 is 9.15 Å². The van der Waals surface area contributed by atoms with Crippen LogP contribution in [0.15, 0.2) is 52.9 Å². The van der Waals surface area contributed by atoms with Gasteiger partial charge in [0.25, 0.3) is 6.01 Å². The first-order valence-electron chi connectivity index (χ1n) is 9.91. The number of nitrogens with one attached hydrogen (secondary N) is 1. The van der Waals surface area contributed by atoms with Gasteiger partial charge in [0.05, 0.1) is 0 Å². The molecule has 140 valence electrons. The highest BCUT2D eigenvalue weighted by Gasteiger charge is 2.24. The second kappa shape index (κ2) is 7.24. The van der Waals surface area contributed by atoms with Gasteiger partial charge in [-0.3, -0.25) is 0 Å². The molecule has 0 saturated carbocycles. The molecule has 0 aliphatic carbocycles. The van der Waals surface area contributed by atoms with Crippen LogP contribution < -0.4 is 15.0 Å². The highest BCUT2D eigenvalue weighted by Crippen LogP contribution is 2.28. The van der Waals surface area contributed by atoms with Crippen molar-refractivity contribution in [2.24, 2.45) is 5.92 Å². The minimum absolute atomic E-state index is 0.266. The maximum absolute atomic E-state index is 6.01. The van der Waals surface area contributed by atoms with E-state index in [1.807, 2.05) is 30.3 Å². The van der Waals surface area contributed by atoms with Gasteiger partial charge in [-0.15, -0.1) is 0 Å². The number of hydrogen-bond acceptors (Lipinski definition) is 5. The van der Waals surface area contributed by atoms with Crippen molar-refractivity contribution in [1.29, 1.82) is 0 Å². The van der Waals surface area contributed by atoms with Gasteiger partial charge < -0.3 is 19.4 Å². The molecule has 2 aromatic carbocycles. The molecular weight excluding hydrogens is 338 g/mol. The molecule has 0 bridgehead atoms. The minimum atomic E-state index is 0.266. The molecule has 1 unspecified atom stereocenters. The van der Waals surface area contributed by atoms with Crippen molar-refractivity contribution in [3.05, 3.63) is 54.1 Å². The summed E-state index contributed by atoms with van der Waals surface area (Å²) in [5, 5.41) is 3.63. The first-order valence-corrected chi connectivity index (χ1v) is 9.91. The third-order valence-corrected chi connectivity index (χ3v) is 5.69. The molecule has 1 saturated heterocycles. The molecule has 5 rings (SSSR count). The Balaban J connectivity index is 1.08. The highest BCUT2D eigenvalue weighted by atomic mass is 16.5. The van der Waals surface area contributed by atoms with E-state index in [1.165, 1.54) is 5.56 Å². The van der Waals surface area contributed by atoms with Gasteiger partial charge >= 0.3 is 0 Å². The lowest BCUT2D eigenvalue weighted by Gasteiger charge is -2.31. The number of hydrogen-bond donors (Lipinski definition) is 1. The van der Waals surface area contributed by atoms with E-state index in [0.29, 0.717) is 5.92 Å². The Labute approximate surface area is 159 Å². The standard InChI is InChI=1S/C22H25N3O2/c1-3-7-20-17(5-1)13-18(26-20)15-23-14-16-9-11-25(12-10-16)22-24-19-6-2-4-8-21(19)27-22/h1-8,16,18,23H,9-15H2. The zero-order chi connectivity index (χ0) is 18.1. The number of oxazole rings is 1. The van der Waals surface area contributed by atoms with Crippen LogP contribution in [0, 0.1) is 5.92 Å². The molecular formula is C22H25N3O2. The van der Waals surface area contributed by atoms with Crippen LogP contribution >= 0.6 is 0 Å². The lowest BCUT2D eigenvalue weighted by molar-refractivity contribution is 0.222. The van der Waals surface area contributed by atoms with Crippen LogP contribution in [-0.4, -0.2) is 37.3 Å². The number of anilines is 1. The van der Waals surface area contributed by atoms with E-state index in [1.54, 1.807) is 0 Å². The lowest BCUT2D eigenvalue weighted by Crippen LogP contribution is -2.39. The predicted molar refractivity (Wildman–Crippen MR) is 106 cm³/mol. The topological polar surface area (TPSA) is 50.5 Å². The SMILES string of the molecule is c1ccc2c(c1)CC(CNCC1CCN(c3nc4ccccc4o3)CC1)O2. The van der Waals surface area contributed by atoms with Crippen molar-refractivity contribution in [3.63, 3.8) is 0 Å². The minimum Gasteiger partial charge on any atom is -0.488 e. The molecule has 5 nitrogen and oxygen atoms in total. The number of piperidine rings is 1. The molecule has 1 fully saturated rings. The summed E-state index contributed by atoms with van der Waals surface area (Å²) in [6.07, 6.45) is 3.61. The number of aromatic nitrogens is 1. The van der Waals surface area contributed by atoms with Crippen molar-refractivity contribution in [2.75, 3.05) is 31.1 Å². The first-order chi connectivity index (χ1) is 13.3. The summed E-state index contributed by atoms with van der Waals surface area (Å²) in [4.78, 5) is 6.89. The Kier molecular flexibility index (Phi) is 4.46. The summed E-state index contributed by atoms with van der Waals surface area (Å²) < 4.78 is 11.9. The Morgan fingerprint density at radius 1 is 1.00 bits per heavy atom. The van der Waals surface area contributed by atoms with E-state index in [0.717, 1.165) is 68.3 Å². The second-order valence-electron chi connectivity index (χ2n) is 7.60. The first kappa shape index (κ1) is 16.6. The van der Waals surface area contributed by atoms with E-state index in [4.69, 9.17) is 9.15 Å². The summed E-state index contributed by atoms with van der Waals surface area (Å²) in [5.74, 6) is 1.75. The summed E-state index contributed by atoms with van der Waals surface area (Å²) >= 11 is 0. The van der Waals surface area contributed by atoms with Crippen molar-refractivity contribution in [2.45, 2.75) is 25.4 Å². The quantitative estimate of drug-likeness (QED) is 0.750. The van der Waals surface area contributed by atoms with E-state index in [2.05, 4.69) is 33.4 Å². The monoisotopic (exact) mass is 363 g/mol. The third-order valence-electron chi connectivity index (χ3n) is 5.69. The van der Waals surface area contributed by atoms with Gasteiger partial charge in [0.2, 0.25) is 0 Å². The Morgan fingerprint density at radius 3 is 2.67 bits per heavy atom. The van der Waals surface area contributed by atoms with Gasteiger partial charge in [-0.1, -0.05) is 30.3 Å². The molecule has 2 aliphatic heterocycles. The molecule has 3 aromatic rings. The van der Waals surface area contributed by atoms with Gasteiger partial charge in [0, 0.05) is 26.1 Å². The number of ether oxygens (including phenoxy) is 1. The van der Waals surface area contributed by atoms with Crippen molar-refractivity contribution >= 4 is 17.1 Å². The molecule has 1 atom stereocenters. The smallest absolute Gasteiger partial charge is 0.298 e. The highest BCUT2D eigenvalue weighted by molar-refractivity contribution is 5.74. The maximum atomic E-state index is 6.01. The van der Waals surface area contributed by atoms with Crippen LogP contribution in [0.4, 0.5) is 6.01 Å². The summed E-state index contributed by atoms with van der Waals surface area (Å²) in [5.41, 5.74) is 3.14. The number of para-hydroxylation sites is 3. The van der Waals surface area contributed by atoms with Crippen LogP contribution in [0.25, 0.3) is 11.1 Å². The summed E-state index contributed by atoms with van der Waals surface area (Å²) in [6.45, 7) is 3.98. The number of nitrogens with zero attached hydrogens (tertiary/aromatic N) is 2. The maximum Gasteiger partial charge on any atom is 0.298 e. The van der Waals surface area contributed by atoms with Gasteiger partial charge in [-0.2, -0.15) is 4.98 Å². The molecule has 0 radical (unpaired) electrons. The van der Waals surface area contributed by atoms with Gasteiger partial charge in [0.1, 0.15) is 17.4 Å². The zero-order valence-corrected chi connectivity index (χ0v) is 15.4. The third kappa shape index (κ3) is 3.52. The van der Waals surface area contributed by atoms with Gasteiger partial charge in [0.15, 0.2) is 5.58 Å². The van der Waals surface area contributed by atoms with Crippen molar-refractivity contribution in [1.82, 2.24) is 10.3 Å². The summed E-state index contributed by atoms with van der Waals surface area (Å²) in [7, 11) is 0. The molecule has 5 heteroatoms. The van der Waals surface area contributed by atoms with E-state index < -0.39 is 0 Å². The lowest BCUT2D eigenvalue weighted by atomic mass is 9.97. The van der Waals surface area contributed by atoms with Gasteiger partial charge in [-0.05, 0) is 49.1 Å². The largest absolute Gasteiger partial charge is 0.488 e. The number of fused-ring (bicyclic) bond motifs is 2. The fourth-order valence-electron chi connectivity index (χ4n) is 4.14. The van der Waals surface area contributed by atoms with Crippen LogP contribution in [0.2, 0.25) is 0 Å². The van der Waals surface area contributed by atoms with Crippen LogP contribution in [0.5, 0.6) is 5.75 Å². The summed E-state index contributed by atoms with van der Waals surface area (Å²) in [6, 6.07) is 17.1. The number of rotatable bonds is 5. The Bertz CT molecular complexity index is 857. The molecule has 1 aromatic heterocycles.